The fourth-order valence-electron chi connectivity index (χ4n) is 3.12. The minimum Gasteiger partial charge on any atom is -0.379 e. The fourth-order valence-corrected chi connectivity index (χ4v) is 4.47. The van der Waals surface area contributed by atoms with Crippen LogP contribution >= 0.6 is 0 Å². The van der Waals surface area contributed by atoms with E-state index in [9.17, 15) is 8.42 Å². The van der Waals surface area contributed by atoms with E-state index < -0.39 is 10.0 Å². The van der Waals surface area contributed by atoms with Crippen LogP contribution in [0.15, 0.2) is 40.3 Å². The number of ether oxygens (including phenoxy) is 1. The first kappa shape index (κ1) is 18.8. The third-order valence-corrected chi connectivity index (χ3v) is 6.37. The number of aromatic nitrogens is 4. The molecule has 4 rings (SSSR count). The second-order valence-electron chi connectivity index (χ2n) is 6.73. The first-order chi connectivity index (χ1) is 13.4. The summed E-state index contributed by atoms with van der Waals surface area (Å²) in [5.74, 6) is 0.886. The van der Waals surface area contributed by atoms with Gasteiger partial charge in [-0.2, -0.15) is 9.29 Å². The summed E-state index contributed by atoms with van der Waals surface area (Å²) in [6.45, 7) is 5.73. The van der Waals surface area contributed by atoms with E-state index in [2.05, 4.69) is 21.2 Å². The molecule has 0 amide bonds. The molecule has 148 valence electrons. The van der Waals surface area contributed by atoms with E-state index in [-0.39, 0.29) is 11.6 Å². The molecule has 2 aromatic heterocycles. The minimum absolute atomic E-state index is 0.00694. The Morgan fingerprint density at radius 1 is 1.18 bits per heavy atom. The van der Waals surface area contributed by atoms with Crippen molar-refractivity contribution in [3.05, 3.63) is 47.7 Å². The van der Waals surface area contributed by atoms with Crippen molar-refractivity contribution in [2.24, 2.45) is 0 Å². The van der Waals surface area contributed by atoms with Gasteiger partial charge in [-0.05, 0) is 25.5 Å². The summed E-state index contributed by atoms with van der Waals surface area (Å²) in [7, 11) is -3.62. The Hall–Kier alpha value is -2.56. The number of aryl methyl sites for hydroxylation is 2. The van der Waals surface area contributed by atoms with Crippen molar-refractivity contribution in [2.75, 3.05) is 26.3 Å². The van der Waals surface area contributed by atoms with Gasteiger partial charge in [-0.1, -0.05) is 22.9 Å². The number of nitrogens with zero attached hydrogens (tertiary/aromatic N) is 5. The maximum Gasteiger partial charge on any atom is 0.262 e. The second kappa shape index (κ2) is 7.46. The van der Waals surface area contributed by atoms with E-state index in [1.807, 2.05) is 26.0 Å². The Balaban J connectivity index is 1.51. The van der Waals surface area contributed by atoms with Gasteiger partial charge >= 0.3 is 0 Å². The molecule has 0 unspecified atom stereocenters. The second-order valence-corrected chi connectivity index (χ2v) is 8.62. The van der Waals surface area contributed by atoms with Crippen molar-refractivity contribution in [2.45, 2.75) is 25.4 Å². The largest absolute Gasteiger partial charge is 0.379 e. The average Bonchev–Trinajstić information content (AvgIpc) is 3.33. The summed E-state index contributed by atoms with van der Waals surface area (Å²) >= 11 is 0. The standard InChI is InChI=1S/C18H21N5O4S/c1-13-3-4-15(14(2)9-13)18-20-16(21-27-18)10-22-11-17(19-12-22)28(24,25)23-5-7-26-8-6-23/h3-4,9,11-12H,5-8,10H2,1-2H3. The molecule has 3 aromatic rings. The number of rotatable bonds is 5. The Bertz CT molecular complexity index is 1080. The summed E-state index contributed by atoms with van der Waals surface area (Å²) in [6.07, 6.45) is 2.94. The molecule has 0 aliphatic carbocycles. The lowest BCUT2D eigenvalue weighted by Gasteiger charge is -2.24. The Morgan fingerprint density at radius 3 is 2.71 bits per heavy atom. The molecule has 1 fully saturated rings. The third kappa shape index (κ3) is 3.71. The molecule has 10 heteroatoms. The smallest absolute Gasteiger partial charge is 0.262 e. The lowest BCUT2D eigenvalue weighted by atomic mass is 10.1. The summed E-state index contributed by atoms with van der Waals surface area (Å²) in [5, 5.41) is 4.01. The van der Waals surface area contributed by atoms with Crippen LogP contribution in [-0.2, 0) is 21.3 Å². The maximum absolute atomic E-state index is 12.7. The zero-order valence-corrected chi connectivity index (χ0v) is 16.5. The van der Waals surface area contributed by atoms with Crippen molar-refractivity contribution in [3.63, 3.8) is 0 Å². The first-order valence-electron chi connectivity index (χ1n) is 8.93. The van der Waals surface area contributed by atoms with Crippen LogP contribution in [0.1, 0.15) is 17.0 Å². The van der Waals surface area contributed by atoms with Gasteiger partial charge in [-0.3, -0.25) is 0 Å². The molecule has 0 N–H and O–H groups in total. The van der Waals surface area contributed by atoms with Crippen molar-refractivity contribution in [1.29, 1.82) is 0 Å². The molecule has 1 saturated heterocycles. The van der Waals surface area contributed by atoms with E-state index in [1.54, 1.807) is 4.57 Å². The number of sulfonamides is 1. The number of imidazole rings is 1. The van der Waals surface area contributed by atoms with Gasteiger partial charge in [0.25, 0.3) is 15.9 Å². The molecule has 1 aliphatic heterocycles. The fraction of sp³-hybridized carbons (Fsp3) is 0.389. The lowest BCUT2D eigenvalue weighted by Crippen LogP contribution is -2.40. The SMILES string of the molecule is Cc1ccc(-c2nc(Cn3cnc(S(=O)(=O)N4CCOCC4)c3)no2)c(C)c1. The molecular formula is C18H21N5O4S. The highest BCUT2D eigenvalue weighted by atomic mass is 32.2. The predicted octanol–water partition coefficient (Wildman–Crippen LogP) is 1.62. The van der Waals surface area contributed by atoms with E-state index in [4.69, 9.17) is 9.26 Å². The number of hydrogen-bond donors (Lipinski definition) is 0. The van der Waals surface area contributed by atoms with Gasteiger partial charge in [0.05, 0.1) is 26.1 Å². The lowest BCUT2D eigenvalue weighted by molar-refractivity contribution is 0.0729. The Kier molecular flexibility index (Phi) is 5.00. The zero-order valence-electron chi connectivity index (χ0n) is 15.7. The molecule has 0 bridgehead atoms. The Labute approximate surface area is 163 Å². The van der Waals surface area contributed by atoms with Gasteiger partial charge in [0.15, 0.2) is 10.9 Å². The number of benzene rings is 1. The monoisotopic (exact) mass is 403 g/mol. The molecule has 0 atom stereocenters. The molecule has 9 nitrogen and oxygen atoms in total. The van der Waals surface area contributed by atoms with E-state index >= 15 is 0 Å². The summed E-state index contributed by atoms with van der Waals surface area (Å²) in [4.78, 5) is 8.48. The summed E-state index contributed by atoms with van der Waals surface area (Å²) in [5.41, 5.74) is 3.09. The highest BCUT2D eigenvalue weighted by Crippen LogP contribution is 2.23. The Morgan fingerprint density at radius 2 is 1.96 bits per heavy atom. The molecule has 3 heterocycles. The molecule has 0 saturated carbocycles. The van der Waals surface area contributed by atoms with Crippen LogP contribution in [0, 0.1) is 13.8 Å². The highest BCUT2D eigenvalue weighted by molar-refractivity contribution is 7.89. The normalized spacial score (nSPS) is 15.8. The van der Waals surface area contributed by atoms with Gasteiger partial charge in [0.2, 0.25) is 0 Å². The van der Waals surface area contributed by atoms with Crippen LogP contribution in [0.4, 0.5) is 0 Å². The van der Waals surface area contributed by atoms with Gasteiger partial charge in [-0.25, -0.2) is 13.4 Å². The maximum atomic E-state index is 12.7. The van der Waals surface area contributed by atoms with E-state index in [1.165, 1.54) is 16.8 Å². The molecule has 1 aromatic carbocycles. The van der Waals surface area contributed by atoms with Crippen LogP contribution < -0.4 is 0 Å². The average molecular weight is 403 g/mol. The van der Waals surface area contributed by atoms with Crippen LogP contribution in [0.2, 0.25) is 0 Å². The molecular weight excluding hydrogens is 382 g/mol. The molecule has 0 radical (unpaired) electrons. The van der Waals surface area contributed by atoms with Crippen molar-refractivity contribution in [1.82, 2.24) is 24.0 Å². The van der Waals surface area contributed by atoms with Crippen molar-refractivity contribution in [3.8, 4) is 11.5 Å². The summed E-state index contributed by atoms with van der Waals surface area (Å²) < 4.78 is 38.9. The van der Waals surface area contributed by atoms with Gasteiger partial charge < -0.3 is 13.8 Å². The van der Waals surface area contributed by atoms with Gasteiger partial charge in [0, 0.05) is 24.8 Å². The van der Waals surface area contributed by atoms with Crippen LogP contribution in [0.25, 0.3) is 11.5 Å². The van der Waals surface area contributed by atoms with Gasteiger partial charge in [-0.15, -0.1) is 0 Å². The number of morpholine rings is 1. The molecule has 28 heavy (non-hydrogen) atoms. The van der Waals surface area contributed by atoms with Crippen molar-refractivity contribution < 1.29 is 17.7 Å². The summed E-state index contributed by atoms with van der Waals surface area (Å²) in [6, 6.07) is 5.99. The minimum atomic E-state index is -3.62. The van der Waals surface area contributed by atoms with Gasteiger partial charge in [0.1, 0.15) is 0 Å². The zero-order chi connectivity index (χ0) is 19.7. The highest BCUT2D eigenvalue weighted by Gasteiger charge is 2.28. The quantitative estimate of drug-likeness (QED) is 0.638. The molecule has 1 aliphatic rings. The van der Waals surface area contributed by atoms with Crippen LogP contribution in [-0.4, -0.2) is 58.7 Å². The molecule has 0 spiro atoms. The predicted molar refractivity (Wildman–Crippen MR) is 100 cm³/mol. The van der Waals surface area contributed by atoms with Crippen LogP contribution in [0.3, 0.4) is 0 Å². The third-order valence-electron chi connectivity index (χ3n) is 4.59. The topological polar surface area (TPSA) is 103 Å². The first-order valence-corrected chi connectivity index (χ1v) is 10.4. The number of hydrogen-bond acceptors (Lipinski definition) is 7. The van der Waals surface area contributed by atoms with E-state index in [0.29, 0.717) is 38.0 Å². The van der Waals surface area contributed by atoms with E-state index in [0.717, 1.165) is 16.7 Å². The van der Waals surface area contributed by atoms with Crippen LogP contribution in [0.5, 0.6) is 0 Å². The van der Waals surface area contributed by atoms with Crippen molar-refractivity contribution >= 4 is 10.0 Å².